The second kappa shape index (κ2) is 6.42. The van der Waals surface area contributed by atoms with Gasteiger partial charge in [-0.1, -0.05) is 55.8 Å². The number of anilines is 1. The van der Waals surface area contributed by atoms with Crippen molar-refractivity contribution in [2.24, 2.45) is 0 Å². The molecule has 1 atom stereocenters. The van der Waals surface area contributed by atoms with Crippen molar-refractivity contribution in [2.45, 2.75) is 30.4 Å². The molecule has 2 nitrogen and oxygen atoms in total. The largest absolute Gasteiger partial charge is 0.398 e. The Bertz CT molecular complexity index is 603. The maximum absolute atomic E-state index is 12.4. The van der Waals surface area contributed by atoms with E-state index in [4.69, 9.17) is 17.3 Å². The van der Waals surface area contributed by atoms with Gasteiger partial charge in [-0.2, -0.15) is 0 Å². The zero-order valence-corrected chi connectivity index (χ0v) is 13.2. The summed E-state index contributed by atoms with van der Waals surface area (Å²) in [5.41, 5.74) is 8.64. The summed E-state index contributed by atoms with van der Waals surface area (Å²) >= 11 is 6.08. The first-order valence-electron chi connectivity index (χ1n) is 6.50. The van der Waals surface area contributed by atoms with E-state index in [9.17, 15) is 4.21 Å². The van der Waals surface area contributed by atoms with Gasteiger partial charge in [-0.3, -0.25) is 4.21 Å². The van der Waals surface area contributed by atoms with E-state index in [1.165, 1.54) is 5.56 Å². The molecule has 2 aromatic carbocycles. The molecule has 20 heavy (non-hydrogen) atoms. The van der Waals surface area contributed by atoms with Crippen LogP contribution >= 0.6 is 11.6 Å². The Balaban J connectivity index is 2.19. The van der Waals surface area contributed by atoms with Gasteiger partial charge in [0.2, 0.25) is 0 Å². The molecule has 0 aliphatic rings. The second-order valence-corrected chi connectivity index (χ2v) is 6.84. The molecule has 0 bridgehead atoms. The zero-order valence-electron chi connectivity index (χ0n) is 11.6. The zero-order chi connectivity index (χ0) is 14.7. The van der Waals surface area contributed by atoms with Crippen LogP contribution in [0.15, 0.2) is 47.4 Å². The summed E-state index contributed by atoms with van der Waals surface area (Å²) in [6, 6.07) is 13.4. The van der Waals surface area contributed by atoms with E-state index in [-0.39, 0.29) is 0 Å². The summed E-state index contributed by atoms with van der Waals surface area (Å²) in [7, 11) is -1.23. The summed E-state index contributed by atoms with van der Waals surface area (Å²) in [4.78, 5) is 0.530. The smallest absolute Gasteiger partial charge is 0.0806 e. The van der Waals surface area contributed by atoms with Gasteiger partial charge in [-0.05, 0) is 29.2 Å². The van der Waals surface area contributed by atoms with Crippen LogP contribution < -0.4 is 5.73 Å². The van der Waals surface area contributed by atoms with Gasteiger partial charge in [0.15, 0.2) is 0 Å². The number of hydrogen-bond donors (Lipinski definition) is 1. The van der Waals surface area contributed by atoms with Crippen molar-refractivity contribution in [3.8, 4) is 0 Å². The molecule has 0 aliphatic carbocycles. The first-order chi connectivity index (χ1) is 9.49. The Kier molecular flexibility index (Phi) is 4.84. The lowest BCUT2D eigenvalue weighted by Gasteiger charge is -2.09. The molecular formula is C16H18ClNOS. The van der Waals surface area contributed by atoms with Crippen LogP contribution in [0.4, 0.5) is 5.69 Å². The lowest BCUT2D eigenvalue weighted by atomic mass is 10.0. The summed E-state index contributed by atoms with van der Waals surface area (Å²) in [6.45, 7) is 4.30. The van der Waals surface area contributed by atoms with E-state index in [0.717, 1.165) is 5.56 Å². The molecular weight excluding hydrogens is 290 g/mol. The molecule has 0 saturated heterocycles. The molecule has 0 amide bonds. The van der Waals surface area contributed by atoms with Crippen molar-refractivity contribution in [1.82, 2.24) is 0 Å². The molecule has 2 aromatic rings. The van der Waals surface area contributed by atoms with Crippen molar-refractivity contribution in [1.29, 1.82) is 0 Å². The van der Waals surface area contributed by atoms with Gasteiger partial charge < -0.3 is 5.73 Å². The fourth-order valence-electron chi connectivity index (χ4n) is 1.99. The normalized spacial score (nSPS) is 12.6. The quantitative estimate of drug-likeness (QED) is 0.853. The van der Waals surface area contributed by atoms with Crippen LogP contribution in [0.2, 0.25) is 5.02 Å². The fraction of sp³-hybridized carbons (Fsp3) is 0.250. The minimum absolute atomic E-state index is 0.423. The second-order valence-electron chi connectivity index (χ2n) is 5.04. The van der Waals surface area contributed by atoms with Crippen LogP contribution in [0.25, 0.3) is 0 Å². The van der Waals surface area contributed by atoms with E-state index in [2.05, 4.69) is 26.0 Å². The van der Waals surface area contributed by atoms with Crippen molar-refractivity contribution in [2.75, 3.05) is 5.73 Å². The highest BCUT2D eigenvalue weighted by molar-refractivity contribution is 7.84. The third-order valence-electron chi connectivity index (χ3n) is 3.17. The molecule has 106 valence electrons. The Labute approximate surface area is 127 Å². The average molecular weight is 308 g/mol. The summed E-state index contributed by atoms with van der Waals surface area (Å²) in [5, 5.41) is 0.460. The maximum Gasteiger partial charge on any atom is 0.0806 e. The minimum atomic E-state index is -1.23. The predicted octanol–water partition coefficient (Wildman–Crippen LogP) is 4.35. The molecule has 4 heteroatoms. The van der Waals surface area contributed by atoms with Crippen LogP contribution in [0, 0.1) is 0 Å². The SMILES string of the molecule is CC(C)c1ccc(CS(=O)c2c(N)cccc2Cl)cc1. The molecule has 0 heterocycles. The van der Waals surface area contributed by atoms with Gasteiger partial charge in [-0.15, -0.1) is 0 Å². The number of halogens is 1. The van der Waals surface area contributed by atoms with Gasteiger partial charge >= 0.3 is 0 Å². The van der Waals surface area contributed by atoms with Crippen LogP contribution in [-0.2, 0) is 16.6 Å². The number of nitrogens with two attached hydrogens (primary N) is 1. The third-order valence-corrected chi connectivity index (χ3v) is 5.10. The lowest BCUT2D eigenvalue weighted by Crippen LogP contribution is -2.02. The van der Waals surface area contributed by atoms with E-state index < -0.39 is 10.8 Å². The van der Waals surface area contributed by atoms with Crippen molar-refractivity contribution in [3.05, 3.63) is 58.6 Å². The molecule has 0 aliphatic heterocycles. The maximum atomic E-state index is 12.4. The molecule has 2 rings (SSSR count). The number of hydrogen-bond acceptors (Lipinski definition) is 2. The highest BCUT2D eigenvalue weighted by Crippen LogP contribution is 2.27. The minimum Gasteiger partial charge on any atom is -0.398 e. The molecule has 0 spiro atoms. The van der Waals surface area contributed by atoms with Crippen LogP contribution in [-0.4, -0.2) is 4.21 Å². The van der Waals surface area contributed by atoms with E-state index in [1.807, 2.05) is 12.1 Å². The third kappa shape index (κ3) is 3.41. The summed E-state index contributed by atoms with van der Waals surface area (Å²) in [5.74, 6) is 0.917. The fourth-order valence-corrected chi connectivity index (χ4v) is 3.68. The Morgan fingerprint density at radius 1 is 1.15 bits per heavy atom. The lowest BCUT2D eigenvalue weighted by molar-refractivity contribution is 0.683. The highest BCUT2D eigenvalue weighted by Gasteiger charge is 2.13. The molecule has 1 unspecified atom stereocenters. The van der Waals surface area contributed by atoms with Crippen molar-refractivity contribution >= 4 is 28.1 Å². The van der Waals surface area contributed by atoms with Gasteiger partial charge in [0, 0.05) is 5.69 Å². The van der Waals surface area contributed by atoms with E-state index in [0.29, 0.717) is 27.3 Å². The summed E-state index contributed by atoms with van der Waals surface area (Å²) < 4.78 is 12.4. The number of nitrogen functional groups attached to an aromatic ring is 1. The standard InChI is InChI=1S/C16H18ClNOS/c1-11(2)13-8-6-12(7-9-13)10-20(19)16-14(17)4-3-5-15(16)18/h3-9,11H,10,18H2,1-2H3. The Morgan fingerprint density at radius 2 is 1.80 bits per heavy atom. The van der Waals surface area contributed by atoms with Gasteiger partial charge in [0.05, 0.1) is 26.5 Å². The summed E-state index contributed by atoms with van der Waals surface area (Å²) in [6.07, 6.45) is 0. The Morgan fingerprint density at radius 3 is 2.35 bits per heavy atom. The first kappa shape index (κ1) is 15.1. The molecule has 0 radical (unpaired) electrons. The van der Waals surface area contributed by atoms with Crippen LogP contribution in [0.5, 0.6) is 0 Å². The average Bonchev–Trinajstić information content (AvgIpc) is 2.39. The van der Waals surface area contributed by atoms with Crippen LogP contribution in [0.1, 0.15) is 30.9 Å². The predicted molar refractivity (Wildman–Crippen MR) is 86.5 cm³/mol. The van der Waals surface area contributed by atoms with E-state index >= 15 is 0 Å². The number of rotatable bonds is 4. The monoisotopic (exact) mass is 307 g/mol. The van der Waals surface area contributed by atoms with Gasteiger partial charge in [0.25, 0.3) is 0 Å². The van der Waals surface area contributed by atoms with Gasteiger partial charge in [-0.25, -0.2) is 0 Å². The van der Waals surface area contributed by atoms with Crippen LogP contribution in [0.3, 0.4) is 0 Å². The van der Waals surface area contributed by atoms with Crippen molar-refractivity contribution in [3.63, 3.8) is 0 Å². The Hall–Kier alpha value is -1.32. The molecule has 0 aromatic heterocycles. The topological polar surface area (TPSA) is 43.1 Å². The molecule has 2 N–H and O–H groups in total. The van der Waals surface area contributed by atoms with Crippen molar-refractivity contribution < 1.29 is 4.21 Å². The molecule has 0 saturated carbocycles. The molecule has 0 fully saturated rings. The number of benzene rings is 2. The first-order valence-corrected chi connectivity index (χ1v) is 8.20. The highest BCUT2D eigenvalue weighted by atomic mass is 35.5. The van der Waals surface area contributed by atoms with Gasteiger partial charge in [0.1, 0.15) is 0 Å². The van der Waals surface area contributed by atoms with E-state index in [1.54, 1.807) is 18.2 Å².